The van der Waals surface area contributed by atoms with E-state index in [4.69, 9.17) is 4.74 Å². The first-order valence-electron chi connectivity index (χ1n) is 6.83. The molecular formula is C13H19N3O3S. The highest BCUT2D eigenvalue weighted by Gasteiger charge is 2.42. The van der Waals surface area contributed by atoms with E-state index in [0.717, 1.165) is 5.17 Å². The van der Waals surface area contributed by atoms with Crippen molar-refractivity contribution < 1.29 is 14.3 Å². The SMILES string of the molecule is CN(CC1(C)COC1)C(=O)CC1SC2=NCCN2C1=O. The van der Waals surface area contributed by atoms with E-state index in [2.05, 4.69) is 11.9 Å². The molecule has 0 radical (unpaired) electrons. The predicted octanol–water partition coefficient (Wildman–Crippen LogP) is 0.185. The Labute approximate surface area is 122 Å². The van der Waals surface area contributed by atoms with Gasteiger partial charge in [-0.25, -0.2) is 0 Å². The molecule has 0 N–H and O–H groups in total. The van der Waals surface area contributed by atoms with Gasteiger partial charge in [-0.1, -0.05) is 18.7 Å². The molecule has 0 aliphatic carbocycles. The molecular weight excluding hydrogens is 278 g/mol. The largest absolute Gasteiger partial charge is 0.380 e. The Morgan fingerprint density at radius 3 is 2.95 bits per heavy atom. The van der Waals surface area contributed by atoms with Crippen molar-refractivity contribution >= 4 is 28.7 Å². The third kappa shape index (κ3) is 2.44. The van der Waals surface area contributed by atoms with Crippen LogP contribution in [0.15, 0.2) is 4.99 Å². The average molecular weight is 297 g/mol. The summed E-state index contributed by atoms with van der Waals surface area (Å²) in [6, 6.07) is 0. The van der Waals surface area contributed by atoms with Gasteiger partial charge in [-0.2, -0.15) is 0 Å². The Kier molecular flexibility index (Phi) is 3.50. The Bertz CT molecular complexity index is 475. The van der Waals surface area contributed by atoms with Gasteiger partial charge in [0.1, 0.15) is 5.25 Å². The summed E-state index contributed by atoms with van der Waals surface area (Å²) in [5.41, 5.74) is 0.0708. The number of hydrogen-bond acceptors (Lipinski definition) is 5. The first-order valence-corrected chi connectivity index (χ1v) is 7.71. The third-order valence-corrected chi connectivity index (χ3v) is 5.11. The van der Waals surface area contributed by atoms with E-state index >= 15 is 0 Å². The smallest absolute Gasteiger partial charge is 0.242 e. The summed E-state index contributed by atoms with van der Waals surface area (Å²) < 4.78 is 5.20. The summed E-state index contributed by atoms with van der Waals surface area (Å²) in [7, 11) is 1.80. The monoisotopic (exact) mass is 297 g/mol. The zero-order valence-electron chi connectivity index (χ0n) is 11.8. The number of carbonyl (C=O) groups is 2. The molecule has 2 fully saturated rings. The molecule has 3 aliphatic rings. The molecule has 1 atom stereocenters. The van der Waals surface area contributed by atoms with Crippen LogP contribution >= 0.6 is 11.8 Å². The number of amidine groups is 1. The van der Waals surface area contributed by atoms with E-state index in [1.807, 2.05) is 0 Å². The number of ether oxygens (including phenoxy) is 1. The maximum atomic E-state index is 12.2. The van der Waals surface area contributed by atoms with Gasteiger partial charge in [0, 0.05) is 32.0 Å². The van der Waals surface area contributed by atoms with Crippen LogP contribution in [-0.2, 0) is 14.3 Å². The van der Waals surface area contributed by atoms with Crippen molar-refractivity contribution in [3.05, 3.63) is 0 Å². The molecule has 0 bridgehead atoms. The van der Waals surface area contributed by atoms with Crippen LogP contribution in [0.25, 0.3) is 0 Å². The normalized spacial score (nSPS) is 27.1. The van der Waals surface area contributed by atoms with E-state index in [1.165, 1.54) is 11.8 Å². The highest BCUT2D eigenvalue weighted by atomic mass is 32.2. The van der Waals surface area contributed by atoms with Crippen molar-refractivity contribution in [3.63, 3.8) is 0 Å². The molecule has 1 unspecified atom stereocenters. The van der Waals surface area contributed by atoms with Crippen LogP contribution in [0.2, 0.25) is 0 Å². The lowest BCUT2D eigenvalue weighted by Crippen LogP contribution is -2.49. The second kappa shape index (κ2) is 5.04. The second-order valence-electron chi connectivity index (χ2n) is 6.02. The van der Waals surface area contributed by atoms with Gasteiger partial charge in [0.05, 0.1) is 19.8 Å². The average Bonchev–Trinajstić information content (AvgIpc) is 2.92. The molecule has 0 aromatic carbocycles. The highest BCUT2D eigenvalue weighted by Crippen LogP contribution is 2.32. The number of thioether (sulfide) groups is 1. The molecule has 20 heavy (non-hydrogen) atoms. The molecule has 7 heteroatoms. The number of nitrogens with zero attached hydrogens (tertiary/aromatic N) is 3. The van der Waals surface area contributed by atoms with E-state index in [0.29, 0.717) is 32.8 Å². The summed E-state index contributed by atoms with van der Waals surface area (Å²) in [6.07, 6.45) is 0.256. The highest BCUT2D eigenvalue weighted by molar-refractivity contribution is 8.15. The first kappa shape index (κ1) is 13.9. The van der Waals surface area contributed by atoms with Gasteiger partial charge in [0.15, 0.2) is 5.17 Å². The molecule has 3 rings (SSSR count). The summed E-state index contributed by atoms with van der Waals surface area (Å²) >= 11 is 1.43. The second-order valence-corrected chi connectivity index (χ2v) is 7.19. The molecule has 3 heterocycles. The first-order chi connectivity index (χ1) is 9.48. The lowest BCUT2D eigenvalue weighted by molar-refractivity contribution is -0.143. The number of hydrogen-bond donors (Lipinski definition) is 0. The van der Waals surface area contributed by atoms with Crippen molar-refractivity contribution in [1.82, 2.24) is 9.80 Å². The van der Waals surface area contributed by atoms with Crippen molar-refractivity contribution in [2.75, 3.05) is 39.9 Å². The Balaban J connectivity index is 1.55. The van der Waals surface area contributed by atoms with Crippen LogP contribution in [0.3, 0.4) is 0 Å². The van der Waals surface area contributed by atoms with E-state index in [1.54, 1.807) is 16.8 Å². The van der Waals surface area contributed by atoms with E-state index in [-0.39, 0.29) is 28.9 Å². The Morgan fingerprint density at radius 1 is 1.60 bits per heavy atom. The minimum Gasteiger partial charge on any atom is -0.380 e. The quantitative estimate of drug-likeness (QED) is 0.743. The van der Waals surface area contributed by atoms with Gasteiger partial charge < -0.3 is 9.64 Å². The molecule has 0 aromatic heterocycles. The van der Waals surface area contributed by atoms with Crippen LogP contribution in [0.1, 0.15) is 13.3 Å². The summed E-state index contributed by atoms with van der Waals surface area (Å²) in [5, 5.41) is 0.490. The number of carbonyl (C=O) groups excluding carboxylic acids is 2. The van der Waals surface area contributed by atoms with Crippen molar-refractivity contribution in [3.8, 4) is 0 Å². The van der Waals surface area contributed by atoms with Crippen molar-refractivity contribution in [1.29, 1.82) is 0 Å². The topological polar surface area (TPSA) is 62.2 Å². The number of rotatable bonds is 4. The zero-order chi connectivity index (χ0) is 14.3. The fourth-order valence-corrected chi connectivity index (χ4v) is 3.91. The Morgan fingerprint density at radius 2 is 2.35 bits per heavy atom. The number of fused-ring (bicyclic) bond motifs is 1. The molecule has 6 nitrogen and oxygen atoms in total. The van der Waals surface area contributed by atoms with Crippen LogP contribution in [0.5, 0.6) is 0 Å². The van der Waals surface area contributed by atoms with Crippen molar-refractivity contribution in [2.45, 2.75) is 18.6 Å². The van der Waals surface area contributed by atoms with Crippen LogP contribution in [0, 0.1) is 5.41 Å². The fourth-order valence-electron chi connectivity index (χ4n) is 2.73. The minimum atomic E-state index is -0.297. The van der Waals surface area contributed by atoms with Crippen LogP contribution in [-0.4, -0.2) is 71.9 Å². The molecule has 0 aromatic rings. The van der Waals surface area contributed by atoms with Gasteiger partial charge in [0.25, 0.3) is 0 Å². The molecule has 2 saturated heterocycles. The zero-order valence-corrected chi connectivity index (χ0v) is 12.6. The van der Waals surface area contributed by atoms with E-state index in [9.17, 15) is 9.59 Å². The Hall–Kier alpha value is -1.08. The van der Waals surface area contributed by atoms with Crippen molar-refractivity contribution in [2.24, 2.45) is 10.4 Å². The standard InChI is InChI=1S/C13H19N3O3S/c1-13(7-19-8-13)6-15(2)10(17)5-9-11(18)16-4-3-14-12(16)20-9/h9H,3-8H2,1-2H3. The summed E-state index contributed by atoms with van der Waals surface area (Å²) in [5.74, 6) is 0.0527. The summed E-state index contributed by atoms with van der Waals surface area (Å²) in [4.78, 5) is 32.1. The number of aliphatic imine (C=N–C) groups is 1. The van der Waals surface area contributed by atoms with Gasteiger partial charge in [0.2, 0.25) is 11.8 Å². The third-order valence-electron chi connectivity index (χ3n) is 3.90. The van der Waals surface area contributed by atoms with Gasteiger partial charge in [-0.3, -0.25) is 19.5 Å². The molecule has 0 spiro atoms. The predicted molar refractivity (Wildman–Crippen MR) is 76.6 cm³/mol. The molecule has 110 valence electrons. The lowest BCUT2D eigenvalue weighted by Gasteiger charge is -2.40. The molecule has 0 saturated carbocycles. The van der Waals surface area contributed by atoms with Gasteiger partial charge in [-0.05, 0) is 0 Å². The van der Waals surface area contributed by atoms with Crippen LogP contribution < -0.4 is 0 Å². The minimum absolute atomic E-state index is 0.0192. The maximum absolute atomic E-state index is 12.2. The molecule has 2 amide bonds. The van der Waals surface area contributed by atoms with E-state index < -0.39 is 0 Å². The maximum Gasteiger partial charge on any atom is 0.242 e. The van der Waals surface area contributed by atoms with Crippen LogP contribution in [0.4, 0.5) is 0 Å². The molecule has 3 aliphatic heterocycles. The summed E-state index contributed by atoms with van der Waals surface area (Å²) in [6.45, 7) is 5.55. The lowest BCUT2D eigenvalue weighted by atomic mass is 9.88. The number of amides is 2. The van der Waals surface area contributed by atoms with Gasteiger partial charge in [-0.15, -0.1) is 0 Å². The fraction of sp³-hybridized carbons (Fsp3) is 0.769. The van der Waals surface area contributed by atoms with Gasteiger partial charge >= 0.3 is 0 Å².